The summed E-state index contributed by atoms with van der Waals surface area (Å²) in [7, 11) is 0. The molecule has 4 saturated carbocycles. The first-order valence-electron chi connectivity index (χ1n) is 10.0. The molecule has 6 rings (SSSR count). The number of rotatable bonds is 5. The number of hydrogen-bond acceptors (Lipinski definition) is 4. The maximum Gasteiger partial charge on any atom is 0.243 e. The van der Waals surface area contributed by atoms with Crippen molar-refractivity contribution in [2.75, 3.05) is 18.7 Å². The summed E-state index contributed by atoms with van der Waals surface area (Å²) in [5, 5.41) is 5.62. The number of hydrogen-bond donors (Lipinski definition) is 2. The molecule has 4 bridgehead atoms. The van der Waals surface area contributed by atoms with E-state index in [-0.39, 0.29) is 30.6 Å². The van der Waals surface area contributed by atoms with E-state index in [9.17, 15) is 9.59 Å². The molecule has 0 unspecified atom stereocenters. The summed E-state index contributed by atoms with van der Waals surface area (Å²) >= 11 is 0. The van der Waals surface area contributed by atoms with Gasteiger partial charge in [-0.1, -0.05) is 0 Å². The zero-order chi connectivity index (χ0) is 18.4. The van der Waals surface area contributed by atoms with Crippen LogP contribution in [0.2, 0.25) is 0 Å². The van der Waals surface area contributed by atoms with Crippen LogP contribution < -0.4 is 20.1 Å². The highest BCUT2D eigenvalue weighted by molar-refractivity contribution is 5.94. The highest BCUT2D eigenvalue weighted by Gasteiger charge is 2.51. The van der Waals surface area contributed by atoms with Crippen LogP contribution in [-0.4, -0.2) is 25.2 Å². The molecule has 144 valence electrons. The van der Waals surface area contributed by atoms with Crippen LogP contribution in [0.4, 0.5) is 5.69 Å². The highest BCUT2D eigenvalue weighted by atomic mass is 16.7. The van der Waals surface area contributed by atoms with E-state index in [4.69, 9.17) is 9.47 Å². The zero-order valence-corrected chi connectivity index (χ0v) is 15.5. The molecule has 0 radical (unpaired) electrons. The van der Waals surface area contributed by atoms with Gasteiger partial charge >= 0.3 is 0 Å². The topological polar surface area (TPSA) is 76.7 Å². The quantitative estimate of drug-likeness (QED) is 0.835. The van der Waals surface area contributed by atoms with E-state index in [1.54, 1.807) is 18.2 Å². The molecule has 0 spiro atoms. The van der Waals surface area contributed by atoms with Crippen molar-refractivity contribution in [3.8, 4) is 11.5 Å². The predicted molar refractivity (Wildman–Crippen MR) is 99.4 cm³/mol. The van der Waals surface area contributed by atoms with Crippen LogP contribution in [0.1, 0.15) is 44.9 Å². The molecule has 5 aliphatic rings. The first-order chi connectivity index (χ1) is 13.1. The number of nitrogens with one attached hydrogen (secondary N) is 2. The molecule has 6 nitrogen and oxygen atoms in total. The summed E-state index contributed by atoms with van der Waals surface area (Å²) in [6.45, 7) is 0.201. The molecule has 0 saturated heterocycles. The minimum Gasteiger partial charge on any atom is -0.454 e. The summed E-state index contributed by atoms with van der Waals surface area (Å²) < 4.78 is 10.6. The number of carbonyl (C=O) groups excluding carboxylic acids is 2. The molecule has 1 heterocycles. The SMILES string of the molecule is O=C(CC12CC3CC(CC(C3)C1)C2)NCC(=O)Nc1ccc2c(c1)OCO2. The Labute approximate surface area is 159 Å². The molecule has 27 heavy (non-hydrogen) atoms. The van der Waals surface area contributed by atoms with Crippen LogP contribution in [0.3, 0.4) is 0 Å². The van der Waals surface area contributed by atoms with E-state index in [1.807, 2.05) is 0 Å². The molecule has 2 N–H and O–H groups in total. The Balaban J connectivity index is 1.13. The van der Waals surface area contributed by atoms with Crippen molar-refractivity contribution in [1.82, 2.24) is 5.32 Å². The number of benzene rings is 1. The van der Waals surface area contributed by atoms with E-state index in [0.717, 1.165) is 17.8 Å². The fourth-order valence-electron chi connectivity index (χ4n) is 6.27. The Morgan fingerprint density at radius 3 is 2.33 bits per heavy atom. The molecule has 6 heteroatoms. The van der Waals surface area contributed by atoms with Crippen LogP contribution in [-0.2, 0) is 9.59 Å². The van der Waals surface area contributed by atoms with Crippen molar-refractivity contribution >= 4 is 17.5 Å². The van der Waals surface area contributed by atoms with Crippen molar-refractivity contribution in [1.29, 1.82) is 0 Å². The largest absolute Gasteiger partial charge is 0.454 e. The Bertz CT molecular complexity index is 740. The fourth-order valence-corrected chi connectivity index (χ4v) is 6.27. The minimum absolute atomic E-state index is 0.000356. The van der Waals surface area contributed by atoms with Crippen LogP contribution in [0.25, 0.3) is 0 Å². The number of fused-ring (bicyclic) bond motifs is 1. The predicted octanol–water partition coefficient (Wildman–Crippen LogP) is 3.08. The Morgan fingerprint density at radius 1 is 0.963 bits per heavy atom. The van der Waals surface area contributed by atoms with Gasteiger partial charge in [-0.2, -0.15) is 0 Å². The average molecular weight is 370 g/mol. The van der Waals surface area contributed by atoms with Gasteiger partial charge in [-0.05, 0) is 73.8 Å². The molecule has 4 fully saturated rings. The van der Waals surface area contributed by atoms with Gasteiger partial charge in [0, 0.05) is 18.2 Å². The van der Waals surface area contributed by atoms with E-state index in [2.05, 4.69) is 10.6 Å². The van der Waals surface area contributed by atoms with Crippen LogP contribution >= 0.6 is 0 Å². The van der Waals surface area contributed by atoms with Gasteiger partial charge in [-0.15, -0.1) is 0 Å². The van der Waals surface area contributed by atoms with Gasteiger partial charge < -0.3 is 20.1 Å². The maximum atomic E-state index is 12.5. The molecular weight excluding hydrogens is 344 g/mol. The van der Waals surface area contributed by atoms with E-state index < -0.39 is 0 Å². The smallest absolute Gasteiger partial charge is 0.243 e. The molecule has 1 aromatic rings. The van der Waals surface area contributed by atoms with Crippen LogP contribution in [0.15, 0.2) is 18.2 Å². The van der Waals surface area contributed by atoms with Gasteiger partial charge in [0.05, 0.1) is 6.54 Å². The zero-order valence-electron chi connectivity index (χ0n) is 15.5. The van der Waals surface area contributed by atoms with Crippen molar-refractivity contribution in [3.05, 3.63) is 18.2 Å². The monoisotopic (exact) mass is 370 g/mol. The third-order valence-electron chi connectivity index (χ3n) is 6.80. The second-order valence-corrected chi connectivity index (χ2v) is 8.99. The number of amides is 2. The van der Waals surface area contributed by atoms with Gasteiger partial charge in [-0.25, -0.2) is 0 Å². The fraction of sp³-hybridized carbons (Fsp3) is 0.619. The Morgan fingerprint density at radius 2 is 1.63 bits per heavy atom. The molecule has 0 atom stereocenters. The van der Waals surface area contributed by atoms with Crippen molar-refractivity contribution < 1.29 is 19.1 Å². The van der Waals surface area contributed by atoms with Gasteiger partial charge in [-0.3, -0.25) is 9.59 Å². The Kier molecular flexibility index (Phi) is 4.02. The first-order valence-corrected chi connectivity index (χ1v) is 10.0. The number of ether oxygens (including phenoxy) is 2. The van der Waals surface area contributed by atoms with Crippen molar-refractivity contribution in [3.63, 3.8) is 0 Å². The summed E-state index contributed by atoms with van der Waals surface area (Å²) in [6.07, 6.45) is 8.31. The number of carbonyl (C=O) groups is 2. The summed E-state index contributed by atoms with van der Waals surface area (Å²) in [6, 6.07) is 5.27. The molecule has 4 aliphatic carbocycles. The first kappa shape index (κ1) is 16.9. The lowest BCUT2D eigenvalue weighted by molar-refractivity contribution is -0.131. The number of anilines is 1. The lowest BCUT2D eigenvalue weighted by atomic mass is 9.49. The lowest BCUT2D eigenvalue weighted by Crippen LogP contribution is -2.48. The summed E-state index contributed by atoms with van der Waals surface area (Å²) in [5.74, 6) is 3.58. The standard InChI is InChI=1S/C21H26N2O4/c24-19(10-21-7-13-3-14(8-21)5-15(4-13)9-21)22-11-20(25)23-16-1-2-17-18(6-16)27-12-26-17/h1-2,6,13-15H,3-5,7-12H2,(H,22,24)(H,23,25). The maximum absolute atomic E-state index is 12.5. The summed E-state index contributed by atoms with van der Waals surface area (Å²) in [5.41, 5.74) is 0.840. The van der Waals surface area contributed by atoms with E-state index in [0.29, 0.717) is 23.6 Å². The molecule has 1 aromatic carbocycles. The molecular formula is C21H26N2O4. The minimum atomic E-state index is -0.229. The van der Waals surface area contributed by atoms with Crippen LogP contribution in [0.5, 0.6) is 11.5 Å². The summed E-state index contributed by atoms with van der Waals surface area (Å²) in [4.78, 5) is 24.7. The molecule has 1 aliphatic heterocycles. The van der Waals surface area contributed by atoms with Gasteiger partial charge in [0.15, 0.2) is 11.5 Å². The van der Waals surface area contributed by atoms with Gasteiger partial charge in [0.2, 0.25) is 18.6 Å². The van der Waals surface area contributed by atoms with Crippen molar-refractivity contribution in [2.24, 2.45) is 23.2 Å². The van der Waals surface area contributed by atoms with Gasteiger partial charge in [0.1, 0.15) is 0 Å². The lowest BCUT2D eigenvalue weighted by Gasteiger charge is -2.56. The van der Waals surface area contributed by atoms with Crippen LogP contribution in [0, 0.1) is 23.2 Å². The second kappa shape index (κ2) is 6.43. The van der Waals surface area contributed by atoms with Gasteiger partial charge in [0.25, 0.3) is 0 Å². The van der Waals surface area contributed by atoms with E-state index in [1.165, 1.54) is 38.5 Å². The Hall–Kier alpha value is -2.24. The molecule has 2 amide bonds. The van der Waals surface area contributed by atoms with E-state index >= 15 is 0 Å². The molecule has 0 aromatic heterocycles. The average Bonchev–Trinajstić information content (AvgIpc) is 3.06. The third kappa shape index (κ3) is 3.37. The highest BCUT2D eigenvalue weighted by Crippen LogP contribution is 2.61. The van der Waals surface area contributed by atoms with Crippen molar-refractivity contribution in [2.45, 2.75) is 44.9 Å². The second-order valence-electron chi connectivity index (χ2n) is 8.99. The normalized spacial score (nSPS) is 32.4. The third-order valence-corrected chi connectivity index (χ3v) is 6.80.